The Labute approximate surface area is 105 Å². The molecule has 0 radical (unpaired) electrons. The van der Waals surface area contributed by atoms with E-state index in [9.17, 15) is 9.59 Å². The standard InChI is InChI=1S/C11H16N4O3/c1-3-8-11(17)15(6-10(16)13-8)5-4-9-12-7(2)18-14-9/h8H,3-6H2,1-2H3,(H,13,16). The van der Waals surface area contributed by atoms with Crippen molar-refractivity contribution in [1.82, 2.24) is 20.4 Å². The number of aryl methyl sites for hydroxylation is 1. The maximum atomic E-state index is 12.0. The molecule has 1 N–H and O–H groups in total. The first kappa shape index (κ1) is 12.5. The fourth-order valence-corrected chi connectivity index (χ4v) is 1.92. The van der Waals surface area contributed by atoms with Crippen LogP contribution in [0.25, 0.3) is 0 Å². The van der Waals surface area contributed by atoms with Gasteiger partial charge in [0, 0.05) is 19.9 Å². The number of hydrogen-bond acceptors (Lipinski definition) is 5. The minimum atomic E-state index is -0.404. The average Bonchev–Trinajstić information content (AvgIpc) is 2.75. The van der Waals surface area contributed by atoms with Crippen molar-refractivity contribution in [2.75, 3.05) is 13.1 Å². The van der Waals surface area contributed by atoms with Crippen molar-refractivity contribution in [3.05, 3.63) is 11.7 Å². The van der Waals surface area contributed by atoms with Crippen molar-refractivity contribution in [1.29, 1.82) is 0 Å². The van der Waals surface area contributed by atoms with Gasteiger partial charge in [-0.2, -0.15) is 4.98 Å². The lowest BCUT2D eigenvalue weighted by Crippen LogP contribution is -2.58. The van der Waals surface area contributed by atoms with E-state index in [1.165, 1.54) is 0 Å². The highest BCUT2D eigenvalue weighted by molar-refractivity contribution is 5.94. The van der Waals surface area contributed by atoms with E-state index in [0.29, 0.717) is 31.1 Å². The molecular formula is C11H16N4O3. The van der Waals surface area contributed by atoms with Gasteiger partial charge in [0.15, 0.2) is 5.82 Å². The van der Waals surface area contributed by atoms with Gasteiger partial charge in [0.25, 0.3) is 0 Å². The number of carbonyl (C=O) groups excluding carboxylic acids is 2. The molecule has 1 aromatic heterocycles. The fourth-order valence-electron chi connectivity index (χ4n) is 1.92. The molecule has 0 spiro atoms. The molecular weight excluding hydrogens is 236 g/mol. The Kier molecular flexibility index (Phi) is 3.59. The molecule has 7 nitrogen and oxygen atoms in total. The van der Waals surface area contributed by atoms with Gasteiger partial charge < -0.3 is 14.7 Å². The Morgan fingerprint density at radius 2 is 2.28 bits per heavy atom. The Morgan fingerprint density at radius 1 is 1.50 bits per heavy atom. The van der Waals surface area contributed by atoms with E-state index in [0.717, 1.165) is 0 Å². The number of amides is 2. The van der Waals surface area contributed by atoms with Crippen LogP contribution in [0.3, 0.4) is 0 Å². The van der Waals surface area contributed by atoms with E-state index in [1.807, 2.05) is 6.92 Å². The van der Waals surface area contributed by atoms with Crippen LogP contribution in [0.5, 0.6) is 0 Å². The van der Waals surface area contributed by atoms with Crippen LogP contribution < -0.4 is 5.32 Å². The van der Waals surface area contributed by atoms with Gasteiger partial charge >= 0.3 is 0 Å². The molecule has 1 atom stereocenters. The first-order valence-electron chi connectivity index (χ1n) is 5.97. The summed E-state index contributed by atoms with van der Waals surface area (Å²) < 4.78 is 4.85. The predicted molar refractivity (Wildman–Crippen MR) is 61.5 cm³/mol. The van der Waals surface area contributed by atoms with Crippen LogP contribution in [-0.2, 0) is 16.0 Å². The van der Waals surface area contributed by atoms with Crippen molar-refractivity contribution >= 4 is 11.8 Å². The van der Waals surface area contributed by atoms with Crippen molar-refractivity contribution < 1.29 is 14.1 Å². The molecule has 7 heteroatoms. The summed E-state index contributed by atoms with van der Waals surface area (Å²) in [6.07, 6.45) is 1.09. The topological polar surface area (TPSA) is 88.3 Å². The quantitative estimate of drug-likeness (QED) is 0.791. The number of nitrogens with one attached hydrogen (secondary N) is 1. The van der Waals surface area contributed by atoms with Gasteiger partial charge in [0.1, 0.15) is 6.04 Å². The molecule has 98 valence electrons. The van der Waals surface area contributed by atoms with E-state index in [4.69, 9.17) is 4.52 Å². The predicted octanol–water partition coefficient (Wildman–Crippen LogP) is -0.342. The molecule has 1 saturated heterocycles. The van der Waals surface area contributed by atoms with E-state index >= 15 is 0 Å². The SMILES string of the molecule is CCC1NC(=O)CN(CCc2noc(C)n2)C1=O. The third-order valence-electron chi connectivity index (χ3n) is 2.86. The van der Waals surface area contributed by atoms with Gasteiger partial charge in [0.05, 0.1) is 6.54 Å². The van der Waals surface area contributed by atoms with Crippen LogP contribution in [0.15, 0.2) is 4.52 Å². The second-order valence-electron chi connectivity index (χ2n) is 4.27. The van der Waals surface area contributed by atoms with Crippen molar-refractivity contribution in [3.63, 3.8) is 0 Å². The summed E-state index contributed by atoms with van der Waals surface area (Å²) in [5.41, 5.74) is 0. The number of piperazine rings is 1. The number of aromatic nitrogens is 2. The molecule has 1 unspecified atom stereocenters. The lowest BCUT2D eigenvalue weighted by Gasteiger charge is -2.31. The van der Waals surface area contributed by atoms with Gasteiger partial charge in [-0.1, -0.05) is 12.1 Å². The largest absolute Gasteiger partial charge is 0.343 e. The monoisotopic (exact) mass is 252 g/mol. The molecule has 0 aromatic carbocycles. The maximum absolute atomic E-state index is 12.0. The summed E-state index contributed by atoms with van der Waals surface area (Å²) in [4.78, 5) is 29.0. The van der Waals surface area contributed by atoms with Gasteiger partial charge in [-0.15, -0.1) is 0 Å². The van der Waals surface area contributed by atoms with Crippen molar-refractivity contribution in [2.24, 2.45) is 0 Å². The van der Waals surface area contributed by atoms with Crippen LogP contribution in [0.1, 0.15) is 25.1 Å². The summed E-state index contributed by atoms with van der Waals surface area (Å²) in [6.45, 7) is 4.12. The highest BCUT2D eigenvalue weighted by Crippen LogP contribution is 2.07. The molecule has 0 saturated carbocycles. The van der Waals surface area contributed by atoms with E-state index in [-0.39, 0.29) is 18.4 Å². The molecule has 1 aromatic rings. The molecule has 2 rings (SSSR count). The highest BCUT2D eigenvalue weighted by atomic mass is 16.5. The zero-order valence-electron chi connectivity index (χ0n) is 10.5. The smallest absolute Gasteiger partial charge is 0.245 e. The fraction of sp³-hybridized carbons (Fsp3) is 0.636. The van der Waals surface area contributed by atoms with Gasteiger partial charge in [0.2, 0.25) is 17.7 Å². The Balaban J connectivity index is 1.95. The molecule has 2 amide bonds. The summed E-state index contributed by atoms with van der Waals surface area (Å²) in [7, 11) is 0. The molecule has 1 fully saturated rings. The van der Waals surface area contributed by atoms with Crippen LogP contribution >= 0.6 is 0 Å². The number of rotatable bonds is 4. The number of carbonyl (C=O) groups is 2. The maximum Gasteiger partial charge on any atom is 0.245 e. The first-order valence-corrected chi connectivity index (χ1v) is 5.97. The van der Waals surface area contributed by atoms with Gasteiger partial charge in [-0.05, 0) is 6.42 Å². The third kappa shape index (κ3) is 2.66. The van der Waals surface area contributed by atoms with E-state index in [2.05, 4.69) is 15.5 Å². The summed E-state index contributed by atoms with van der Waals surface area (Å²) in [6, 6.07) is -0.404. The van der Waals surface area contributed by atoms with Crippen LogP contribution in [-0.4, -0.2) is 46.0 Å². The van der Waals surface area contributed by atoms with E-state index < -0.39 is 6.04 Å². The Morgan fingerprint density at radius 3 is 2.89 bits per heavy atom. The second-order valence-corrected chi connectivity index (χ2v) is 4.27. The molecule has 0 bridgehead atoms. The molecule has 1 aliphatic rings. The minimum absolute atomic E-state index is 0.0442. The first-order chi connectivity index (χ1) is 8.60. The lowest BCUT2D eigenvalue weighted by molar-refractivity contribution is -0.144. The van der Waals surface area contributed by atoms with Gasteiger partial charge in [-0.25, -0.2) is 0 Å². The summed E-state index contributed by atoms with van der Waals surface area (Å²) >= 11 is 0. The average molecular weight is 252 g/mol. The Bertz CT molecular complexity index is 457. The van der Waals surface area contributed by atoms with Crippen LogP contribution in [0.4, 0.5) is 0 Å². The zero-order valence-corrected chi connectivity index (χ0v) is 10.5. The lowest BCUT2D eigenvalue weighted by atomic mass is 10.1. The van der Waals surface area contributed by atoms with Gasteiger partial charge in [-0.3, -0.25) is 9.59 Å². The summed E-state index contributed by atoms with van der Waals surface area (Å²) in [5.74, 6) is 0.890. The molecule has 1 aliphatic heterocycles. The summed E-state index contributed by atoms with van der Waals surface area (Å²) in [5, 5.41) is 6.43. The molecule has 2 heterocycles. The Hall–Kier alpha value is -1.92. The molecule has 18 heavy (non-hydrogen) atoms. The third-order valence-corrected chi connectivity index (χ3v) is 2.86. The van der Waals surface area contributed by atoms with Crippen molar-refractivity contribution in [3.8, 4) is 0 Å². The molecule has 0 aliphatic carbocycles. The van der Waals surface area contributed by atoms with Crippen LogP contribution in [0.2, 0.25) is 0 Å². The highest BCUT2D eigenvalue weighted by Gasteiger charge is 2.31. The normalized spacial score (nSPS) is 20.1. The zero-order chi connectivity index (χ0) is 13.1. The number of hydrogen-bond donors (Lipinski definition) is 1. The van der Waals surface area contributed by atoms with Crippen LogP contribution in [0, 0.1) is 6.92 Å². The number of nitrogens with zero attached hydrogens (tertiary/aromatic N) is 3. The minimum Gasteiger partial charge on any atom is -0.343 e. The second kappa shape index (κ2) is 5.16. The van der Waals surface area contributed by atoms with E-state index in [1.54, 1.807) is 11.8 Å². The van der Waals surface area contributed by atoms with Crippen molar-refractivity contribution in [2.45, 2.75) is 32.7 Å².